The van der Waals surface area contributed by atoms with Crippen LogP contribution in [0.4, 0.5) is 0 Å². The van der Waals surface area contributed by atoms with Crippen LogP contribution in [0.2, 0.25) is 0 Å². The maximum Gasteiger partial charge on any atom is 0.189 e. The van der Waals surface area contributed by atoms with Crippen molar-refractivity contribution in [1.29, 1.82) is 0 Å². The van der Waals surface area contributed by atoms with Crippen molar-refractivity contribution < 1.29 is 9.59 Å². The van der Waals surface area contributed by atoms with Gasteiger partial charge in [0.2, 0.25) is 0 Å². The van der Waals surface area contributed by atoms with Gasteiger partial charge in [0.25, 0.3) is 0 Å². The Bertz CT molecular complexity index is 770. The summed E-state index contributed by atoms with van der Waals surface area (Å²) >= 11 is 3.52. The highest BCUT2D eigenvalue weighted by Gasteiger charge is 2.52. The highest BCUT2D eigenvalue weighted by atomic mass is 79.9. The number of carbonyl (C=O) groups is 2. The molecule has 1 saturated carbocycles. The number of halogens is 1. The van der Waals surface area contributed by atoms with Gasteiger partial charge in [-0.1, -0.05) is 22.9 Å². The fourth-order valence-electron chi connectivity index (χ4n) is 4.46. The molecule has 1 aromatic heterocycles. The minimum atomic E-state index is -0.485. The lowest BCUT2D eigenvalue weighted by Gasteiger charge is -2.50. The van der Waals surface area contributed by atoms with Gasteiger partial charge in [-0.3, -0.25) is 4.79 Å². The van der Waals surface area contributed by atoms with Gasteiger partial charge in [0, 0.05) is 15.4 Å². The van der Waals surface area contributed by atoms with Gasteiger partial charge in [0.15, 0.2) is 5.78 Å². The van der Waals surface area contributed by atoms with E-state index in [9.17, 15) is 9.59 Å². The van der Waals surface area contributed by atoms with Crippen LogP contribution in [0.5, 0.6) is 0 Å². The van der Waals surface area contributed by atoms with Crippen LogP contribution in [-0.2, 0) is 10.2 Å². The SMILES string of the molecule is CC1CC2(C1)CC(C=O)C(=O)c1[nH]c3ccc(Br)cc3c12. The van der Waals surface area contributed by atoms with Crippen molar-refractivity contribution in [2.75, 3.05) is 0 Å². The average Bonchev–Trinajstić information content (AvgIpc) is 2.80. The molecular formula is C17H16BrNO2. The second kappa shape index (κ2) is 4.29. The van der Waals surface area contributed by atoms with Crippen molar-refractivity contribution >= 4 is 38.9 Å². The fourth-order valence-corrected chi connectivity index (χ4v) is 4.82. The fraction of sp³-hybridized carbons (Fsp3) is 0.412. The first kappa shape index (κ1) is 13.3. The van der Waals surface area contributed by atoms with Crippen LogP contribution in [0.25, 0.3) is 10.9 Å². The zero-order valence-electron chi connectivity index (χ0n) is 11.8. The summed E-state index contributed by atoms with van der Waals surface area (Å²) in [6.45, 7) is 2.24. The van der Waals surface area contributed by atoms with E-state index in [1.807, 2.05) is 12.1 Å². The van der Waals surface area contributed by atoms with Crippen LogP contribution in [0.15, 0.2) is 22.7 Å². The quantitative estimate of drug-likeness (QED) is 0.627. The first-order valence-electron chi connectivity index (χ1n) is 7.35. The van der Waals surface area contributed by atoms with Crippen molar-refractivity contribution in [3.05, 3.63) is 33.9 Å². The van der Waals surface area contributed by atoms with Crippen LogP contribution in [0, 0.1) is 11.8 Å². The molecule has 2 aliphatic carbocycles. The van der Waals surface area contributed by atoms with Crippen LogP contribution in [0.1, 0.15) is 42.2 Å². The molecule has 0 saturated heterocycles. The molecule has 1 spiro atoms. The number of nitrogens with one attached hydrogen (secondary N) is 1. The highest BCUT2D eigenvalue weighted by Crippen LogP contribution is 2.56. The van der Waals surface area contributed by atoms with Gasteiger partial charge in [-0.2, -0.15) is 0 Å². The topological polar surface area (TPSA) is 49.9 Å². The number of aldehydes is 1. The zero-order chi connectivity index (χ0) is 14.8. The number of Topliss-reactive ketones (excluding diaryl/α,β-unsaturated/α-hetero) is 1. The molecule has 1 N–H and O–H groups in total. The number of carbonyl (C=O) groups excluding carboxylic acids is 2. The molecule has 0 bridgehead atoms. The minimum Gasteiger partial charge on any atom is -0.352 e. The smallest absolute Gasteiger partial charge is 0.189 e. The average molecular weight is 346 g/mol. The number of aromatic amines is 1. The van der Waals surface area contributed by atoms with E-state index < -0.39 is 5.92 Å². The number of benzene rings is 1. The maximum absolute atomic E-state index is 12.5. The lowest BCUT2D eigenvalue weighted by Crippen LogP contribution is -2.47. The summed E-state index contributed by atoms with van der Waals surface area (Å²) in [6, 6.07) is 6.06. The first-order valence-corrected chi connectivity index (χ1v) is 8.14. The molecule has 3 nitrogen and oxygen atoms in total. The number of hydrogen-bond donors (Lipinski definition) is 1. The molecule has 4 rings (SSSR count). The third-order valence-corrected chi connectivity index (χ3v) is 5.62. The number of H-pyrrole nitrogens is 1. The molecular weight excluding hydrogens is 330 g/mol. The third-order valence-electron chi connectivity index (χ3n) is 5.13. The molecule has 1 atom stereocenters. The Balaban J connectivity index is 2.01. The summed E-state index contributed by atoms with van der Waals surface area (Å²) in [6.07, 6.45) is 3.64. The Hall–Kier alpha value is -1.42. The summed E-state index contributed by atoms with van der Waals surface area (Å²) in [4.78, 5) is 27.1. The predicted octanol–water partition coefficient (Wildman–Crippen LogP) is 4.00. The van der Waals surface area contributed by atoms with Crippen molar-refractivity contribution in [3.63, 3.8) is 0 Å². The second-order valence-electron chi connectivity index (χ2n) is 6.67. The van der Waals surface area contributed by atoms with Crippen LogP contribution >= 0.6 is 15.9 Å². The van der Waals surface area contributed by atoms with E-state index in [2.05, 4.69) is 33.9 Å². The van der Waals surface area contributed by atoms with E-state index in [0.717, 1.165) is 40.1 Å². The Labute approximate surface area is 131 Å². The van der Waals surface area contributed by atoms with E-state index >= 15 is 0 Å². The summed E-state index contributed by atoms with van der Waals surface area (Å²) < 4.78 is 1.02. The zero-order valence-corrected chi connectivity index (χ0v) is 13.4. The van der Waals surface area contributed by atoms with E-state index in [4.69, 9.17) is 0 Å². The molecule has 1 aromatic carbocycles. The summed E-state index contributed by atoms with van der Waals surface area (Å²) in [7, 11) is 0. The number of fused-ring (bicyclic) bond motifs is 4. The summed E-state index contributed by atoms with van der Waals surface area (Å²) in [5, 5.41) is 1.13. The molecule has 0 radical (unpaired) electrons. The molecule has 0 amide bonds. The Morgan fingerprint density at radius 1 is 1.33 bits per heavy atom. The Morgan fingerprint density at radius 3 is 2.76 bits per heavy atom. The number of aromatic nitrogens is 1. The van der Waals surface area contributed by atoms with Crippen LogP contribution in [0.3, 0.4) is 0 Å². The Kier molecular flexibility index (Phi) is 2.71. The van der Waals surface area contributed by atoms with E-state index in [-0.39, 0.29) is 11.2 Å². The summed E-state index contributed by atoms with van der Waals surface area (Å²) in [5.74, 6) is 0.134. The minimum absolute atomic E-state index is 0.00722. The third kappa shape index (κ3) is 1.71. The van der Waals surface area contributed by atoms with Gasteiger partial charge in [0.1, 0.15) is 6.29 Å². The number of ketones is 1. The molecule has 4 heteroatoms. The monoisotopic (exact) mass is 345 g/mol. The second-order valence-corrected chi connectivity index (χ2v) is 7.59. The van der Waals surface area contributed by atoms with Crippen molar-refractivity contribution in [2.24, 2.45) is 11.8 Å². The largest absolute Gasteiger partial charge is 0.352 e. The van der Waals surface area contributed by atoms with Crippen LogP contribution < -0.4 is 0 Å². The number of hydrogen-bond acceptors (Lipinski definition) is 2. The van der Waals surface area contributed by atoms with Crippen molar-refractivity contribution in [3.8, 4) is 0 Å². The summed E-state index contributed by atoms with van der Waals surface area (Å²) in [5.41, 5.74) is 2.81. The Morgan fingerprint density at radius 2 is 2.10 bits per heavy atom. The normalized spacial score (nSPS) is 31.2. The first-order chi connectivity index (χ1) is 10.0. The molecule has 1 fully saturated rings. The molecule has 0 aliphatic heterocycles. The van der Waals surface area contributed by atoms with E-state index in [1.165, 1.54) is 0 Å². The molecule has 2 aromatic rings. The van der Waals surface area contributed by atoms with Crippen molar-refractivity contribution in [2.45, 2.75) is 31.6 Å². The van der Waals surface area contributed by atoms with E-state index in [0.29, 0.717) is 18.0 Å². The van der Waals surface area contributed by atoms with Gasteiger partial charge >= 0.3 is 0 Å². The van der Waals surface area contributed by atoms with Gasteiger partial charge in [-0.15, -0.1) is 0 Å². The highest BCUT2D eigenvalue weighted by molar-refractivity contribution is 9.10. The standard InChI is InChI=1S/C17H16BrNO2/c1-9-5-17(6-9)7-10(8-20)16(21)15-14(17)12-4-11(18)2-3-13(12)19-15/h2-4,8-10,19H,5-7H2,1H3. The lowest BCUT2D eigenvalue weighted by molar-refractivity contribution is -0.111. The van der Waals surface area contributed by atoms with Gasteiger partial charge in [-0.25, -0.2) is 0 Å². The molecule has 1 heterocycles. The molecule has 2 aliphatic rings. The van der Waals surface area contributed by atoms with Gasteiger partial charge in [0.05, 0.1) is 11.6 Å². The van der Waals surface area contributed by atoms with Crippen molar-refractivity contribution in [1.82, 2.24) is 4.98 Å². The molecule has 21 heavy (non-hydrogen) atoms. The number of rotatable bonds is 1. The molecule has 1 unspecified atom stereocenters. The maximum atomic E-state index is 12.5. The van der Waals surface area contributed by atoms with Gasteiger partial charge < -0.3 is 9.78 Å². The van der Waals surface area contributed by atoms with Gasteiger partial charge in [-0.05, 0) is 54.4 Å². The predicted molar refractivity (Wildman–Crippen MR) is 84.6 cm³/mol. The molecule has 108 valence electrons. The van der Waals surface area contributed by atoms with E-state index in [1.54, 1.807) is 0 Å². The lowest BCUT2D eigenvalue weighted by atomic mass is 9.53. The van der Waals surface area contributed by atoms with Crippen LogP contribution in [-0.4, -0.2) is 17.1 Å².